The van der Waals surface area contributed by atoms with Gasteiger partial charge in [0.1, 0.15) is 0 Å². The molecule has 1 saturated heterocycles. The molecule has 0 radical (unpaired) electrons. The van der Waals surface area contributed by atoms with Crippen LogP contribution in [0.15, 0.2) is 29.8 Å². The van der Waals surface area contributed by atoms with Crippen molar-refractivity contribution in [3.05, 3.63) is 45.5 Å². The summed E-state index contributed by atoms with van der Waals surface area (Å²) < 4.78 is 4.78. The van der Waals surface area contributed by atoms with Crippen molar-refractivity contribution in [2.24, 2.45) is 0 Å². The highest BCUT2D eigenvalue weighted by atomic mass is 16.6. The van der Waals surface area contributed by atoms with Crippen LogP contribution in [0.4, 0.5) is 5.69 Å². The van der Waals surface area contributed by atoms with E-state index in [1.54, 1.807) is 18.2 Å². The second-order valence-corrected chi connectivity index (χ2v) is 3.40. The number of carbonyl (C=O) groups is 1. The van der Waals surface area contributed by atoms with Crippen molar-refractivity contribution in [3.8, 4) is 0 Å². The monoisotopic (exact) mass is 219 g/mol. The lowest BCUT2D eigenvalue weighted by molar-refractivity contribution is -0.384. The fourth-order valence-electron chi connectivity index (χ4n) is 1.47. The van der Waals surface area contributed by atoms with Gasteiger partial charge in [-0.3, -0.25) is 10.1 Å². The van der Waals surface area contributed by atoms with Crippen LogP contribution in [0.2, 0.25) is 0 Å². The van der Waals surface area contributed by atoms with Crippen LogP contribution in [0, 0.1) is 10.1 Å². The molecule has 5 heteroatoms. The van der Waals surface area contributed by atoms with E-state index in [9.17, 15) is 14.9 Å². The molecule has 0 N–H and O–H groups in total. The van der Waals surface area contributed by atoms with Crippen molar-refractivity contribution in [1.82, 2.24) is 0 Å². The predicted molar refractivity (Wildman–Crippen MR) is 56.6 cm³/mol. The van der Waals surface area contributed by atoms with Crippen molar-refractivity contribution in [3.63, 3.8) is 0 Å². The molecular weight excluding hydrogens is 210 g/mol. The summed E-state index contributed by atoms with van der Waals surface area (Å²) in [6, 6.07) is 6.03. The number of nitrogens with zero attached hydrogens (tertiary/aromatic N) is 1. The number of carbonyl (C=O) groups excluding carboxylic acids is 1. The lowest BCUT2D eigenvalue weighted by atomic mass is 10.1. The number of non-ortho nitro benzene ring substituents is 1. The number of rotatable bonds is 2. The summed E-state index contributed by atoms with van der Waals surface area (Å²) in [5.74, 6) is -0.307. The van der Waals surface area contributed by atoms with E-state index >= 15 is 0 Å². The molecule has 0 aliphatic carbocycles. The van der Waals surface area contributed by atoms with Gasteiger partial charge < -0.3 is 4.74 Å². The molecule has 2 rings (SSSR count). The van der Waals surface area contributed by atoms with E-state index in [0.29, 0.717) is 18.6 Å². The van der Waals surface area contributed by atoms with Crippen molar-refractivity contribution in [2.75, 3.05) is 6.61 Å². The Morgan fingerprint density at radius 3 is 2.50 bits per heavy atom. The summed E-state index contributed by atoms with van der Waals surface area (Å²) >= 11 is 0. The van der Waals surface area contributed by atoms with Gasteiger partial charge in [-0.1, -0.05) is 0 Å². The third kappa shape index (κ3) is 2.08. The zero-order valence-electron chi connectivity index (χ0n) is 8.38. The number of nitro groups is 1. The first-order chi connectivity index (χ1) is 7.66. The molecule has 82 valence electrons. The zero-order valence-corrected chi connectivity index (χ0v) is 8.38. The predicted octanol–water partition coefficient (Wildman–Crippen LogP) is 1.93. The first-order valence-corrected chi connectivity index (χ1v) is 4.79. The van der Waals surface area contributed by atoms with E-state index in [-0.39, 0.29) is 11.7 Å². The third-order valence-corrected chi connectivity index (χ3v) is 2.31. The molecular formula is C11H9NO4. The Bertz CT molecular complexity index is 461. The molecule has 0 atom stereocenters. The number of hydrogen-bond acceptors (Lipinski definition) is 4. The van der Waals surface area contributed by atoms with Crippen LogP contribution in [0.1, 0.15) is 12.0 Å². The molecule has 1 aromatic carbocycles. The van der Waals surface area contributed by atoms with Gasteiger partial charge in [0, 0.05) is 24.1 Å². The van der Waals surface area contributed by atoms with Crippen LogP contribution in [-0.4, -0.2) is 17.5 Å². The Kier molecular flexibility index (Phi) is 2.68. The summed E-state index contributed by atoms with van der Waals surface area (Å²) in [5.41, 5.74) is 1.41. The van der Waals surface area contributed by atoms with Crippen molar-refractivity contribution >= 4 is 17.7 Å². The van der Waals surface area contributed by atoms with Gasteiger partial charge in [0.15, 0.2) is 0 Å². The maximum atomic E-state index is 11.2. The molecule has 1 aliphatic heterocycles. The fourth-order valence-corrected chi connectivity index (χ4v) is 1.47. The Morgan fingerprint density at radius 2 is 2.00 bits per heavy atom. The highest BCUT2D eigenvalue weighted by Gasteiger charge is 2.18. The Balaban J connectivity index is 2.22. The lowest BCUT2D eigenvalue weighted by Crippen LogP contribution is -1.94. The molecule has 0 aromatic heterocycles. The molecule has 0 bridgehead atoms. The van der Waals surface area contributed by atoms with E-state index in [0.717, 1.165) is 5.56 Å². The minimum atomic E-state index is -0.458. The van der Waals surface area contributed by atoms with Crippen LogP contribution in [0.25, 0.3) is 6.08 Å². The first kappa shape index (κ1) is 10.4. The molecule has 0 saturated carbocycles. The normalized spacial score (nSPS) is 17.5. The largest absolute Gasteiger partial charge is 0.462 e. The number of cyclic esters (lactones) is 1. The van der Waals surface area contributed by atoms with Crippen LogP contribution < -0.4 is 0 Å². The molecule has 1 aliphatic rings. The van der Waals surface area contributed by atoms with Crippen LogP contribution >= 0.6 is 0 Å². The third-order valence-electron chi connectivity index (χ3n) is 2.31. The SMILES string of the molecule is O=C1OCC/C1=C\c1ccc([N+](=O)[O-])cc1. The van der Waals surface area contributed by atoms with Gasteiger partial charge in [0.25, 0.3) is 5.69 Å². The number of ether oxygens (including phenoxy) is 1. The van der Waals surface area contributed by atoms with Gasteiger partial charge in [-0.15, -0.1) is 0 Å². The molecule has 16 heavy (non-hydrogen) atoms. The minimum absolute atomic E-state index is 0.0381. The summed E-state index contributed by atoms with van der Waals surface area (Å²) in [6.45, 7) is 0.414. The van der Waals surface area contributed by atoms with Crippen LogP contribution in [-0.2, 0) is 9.53 Å². The average molecular weight is 219 g/mol. The topological polar surface area (TPSA) is 69.4 Å². The summed E-state index contributed by atoms with van der Waals surface area (Å²) in [6.07, 6.45) is 2.29. The van der Waals surface area contributed by atoms with Crippen LogP contribution in [0.5, 0.6) is 0 Å². The summed E-state index contributed by atoms with van der Waals surface area (Å²) in [7, 11) is 0. The van der Waals surface area contributed by atoms with Gasteiger partial charge in [-0.05, 0) is 23.8 Å². The van der Waals surface area contributed by atoms with Crippen molar-refractivity contribution in [1.29, 1.82) is 0 Å². The number of nitro benzene ring substituents is 1. The van der Waals surface area contributed by atoms with Gasteiger partial charge in [-0.25, -0.2) is 4.79 Å². The molecule has 1 aromatic rings. The smallest absolute Gasteiger partial charge is 0.334 e. The number of esters is 1. The second kappa shape index (κ2) is 4.14. The standard InChI is InChI=1S/C11H9NO4/c13-11-9(5-6-16-11)7-8-1-3-10(4-2-8)12(14)15/h1-4,7H,5-6H2/b9-7+. The highest BCUT2D eigenvalue weighted by molar-refractivity contribution is 5.95. The quantitative estimate of drug-likeness (QED) is 0.330. The maximum absolute atomic E-state index is 11.2. The lowest BCUT2D eigenvalue weighted by Gasteiger charge is -1.95. The van der Waals surface area contributed by atoms with Crippen molar-refractivity contribution < 1.29 is 14.5 Å². The van der Waals surface area contributed by atoms with E-state index in [1.807, 2.05) is 0 Å². The van der Waals surface area contributed by atoms with Gasteiger partial charge in [0.2, 0.25) is 0 Å². The van der Waals surface area contributed by atoms with Gasteiger partial charge >= 0.3 is 5.97 Å². The Hall–Kier alpha value is -2.17. The molecule has 0 spiro atoms. The minimum Gasteiger partial charge on any atom is -0.462 e. The molecule has 1 fully saturated rings. The maximum Gasteiger partial charge on any atom is 0.334 e. The molecule has 5 nitrogen and oxygen atoms in total. The van der Waals surface area contributed by atoms with Gasteiger partial charge in [0.05, 0.1) is 11.5 Å². The Morgan fingerprint density at radius 1 is 1.31 bits per heavy atom. The Labute approximate surface area is 91.5 Å². The van der Waals surface area contributed by atoms with E-state index in [1.165, 1.54) is 12.1 Å². The average Bonchev–Trinajstić information content (AvgIpc) is 2.65. The fraction of sp³-hybridized carbons (Fsp3) is 0.182. The molecule has 1 heterocycles. The molecule has 0 amide bonds. The second-order valence-electron chi connectivity index (χ2n) is 3.40. The van der Waals surface area contributed by atoms with Gasteiger partial charge in [-0.2, -0.15) is 0 Å². The van der Waals surface area contributed by atoms with E-state index in [4.69, 9.17) is 4.74 Å². The summed E-state index contributed by atoms with van der Waals surface area (Å²) in [5, 5.41) is 10.4. The highest BCUT2D eigenvalue weighted by Crippen LogP contribution is 2.19. The van der Waals surface area contributed by atoms with Crippen molar-refractivity contribution in [2.45, 2.75) is 6.42 Å². The van der Waals surface area contributed by atoms with E-state index in [2.05, 4.69) is 0 Å². The number of benzene rings is 1. The first-order valence-electron chi connectivity index (χ1n) is 4.79. The summed E-state index contributed by atoms with van der Waals surface area (Å²) in [4.78, 5) is 21.1. The zero-order chi connectivity index (χ0) is 11.5. The number of hydrogen-bond donors (Lipinski definition) is 0. The van der Waals surface area contributed by atoms with E-state index < -0.39 is 4.92 Å². The molecule has 0 unspecified atom stereocenters. The van der Waals surface area contributed by atoms with Crippen LogP contribution in [0.3, 0.4) is 0 Å².